The van der Waals surface area contributed by atoms with E-state index in [0.717, 1.165) is 12.0 Å². The highest BCUT2D eigenvalue weighted by atomic mass is 16.6. The zero-order valence-corrected chi connectivity index (χ0v) is 12.8. The van der Waals surface area contributed by atoms with Crippen molar-refractivity contribution in [1.82, 2.24) is 0 Å². The zero-order valence-electron chi connectivity index (χ0n) is 12.8. The number of hydrogen-bond donors (Lipinski definition) is 2. The number of amides is 1. The van der Waals surface area contributed by atoms with Crippen molar-refractivity contribution in [2.24, 2.45) is 5.73 Å². The van der Waals surface area contributed by atoms with Crippen LogP contribution in [0.2, 0.25) is 0 Å². The van der Waals surface area contributed by atoms with Gasteiger partial charge >= 0.3 is 6.09 Å². The number of ether oxygens (including phenoxy) is 2. The van der Waals surface area contributed by atoms with Gasteiger partial charge in [0.1, 0.15) is 11.4 Å². The Bertz CT molecular complexity index is 465. The molecule has 1 aromatic carbocycles. The third kappa shape index (κ3) is 5.48. The fourth-order valence-electron chi connectivity index (χ4n) is 1.75. The molecule has 0 aliphatic rings. The number of anilines is 1. The van der Waals surface area contributed by atoms with E-state index in [2.05, 4.69) is 5.32 Å². The molecule has 112 valence electrons. The van der Waals surface area contributed by atoms with Crippen molar-refractivity contribution in [3.05, 3.63) is 23.8 Å². The number of nitrogens with one attached hydrogen (secondary N) is 1. The maximum absolute atomic E-state index is 11.8. The first-order valence-corrected chi connectivity index (χ1v) is 6.64. The normalized spacial score (nSPS) is 12.7. The number of benzene rings is 1. The Hall–Kier alpha value is -1.75. The average molecular weight is 280 g/mol. The van der Waals surface area contributed by atoms with Crippen LogP contribution in [0.25, 0.3) is 0 Å². The minimum Gasteiger partial charge on any atom is -0.495 e. The Morgan fingerprint density at radius 3 is 2.55 bits per heavy atom. The molecule has 0 saturated carbocycles. The molecule has 1 amide bonds. The van der Waals surface area contributed by atoms with Crippen LogP contribution in [0.3, 0.4) is 0 Å². The van der Waals surface area contributed by atoms with Gasteiger partial charge in [0.25, 0.3) is 0 Å². The fourth-order valence-corrected chi connectivity index (χ4v) is 1.75. The Labute approximate surface area is 120 Å². The zero-order chi connectivity index (χ0) is 15.3. The van der Waals surface area contributed by atoms with E-state index in [-0.39, 0.29) is 6.04 Å². The maximum atomic E-state index is 11.8. The number of rotatable bonds is 4. The summed E-state index contributed by atoms with van der Waals surface area (Å²) >= 11 is 0. The van der Waals surface area contributed by atoms with Gasteiger partial charge in [0, 0.05) is 6.04 Å². The number of nitrogens with two attached hydrogens (primary N) is 1. The maximum Gasteiger partial charge on any atom is 0.412 e. The molecule has 3 N–H and O–H groups in total. The molecule has 0 spiro atoms. The van der Waals surface area contributed by atoms with Crippen LogP contribution in [0.5, 0.6) is 5.75 Å². The first-order chi connectivity index (χ1) is 9.21. The van der Waals surface area contributed by atoms with Gasteiger partial charge < -0.3 is 15.2 Å². The van der Waals surface area contributed by atoms with Crippen molar-refractivity contribution < 1.29 is 14.3 Å². The minimum absolute atomic E-state index is 0.0735. The van der Waals surface area contributed by atoms with Gasteiger partial charge in [0.05, 0.1) is 12.8 Å². The second-order valence-corrected chi connectivity index (χ2v) is 5.84. The van der Waals surface area contributed by atoms with Crippen LogP contribution in [0, 0.1) is 0 Å². The molecule has 1 atom stereocenters. The van der Waals surface area contributed by atoms with Gasteiger partial charge in [-0.2, -0.15) is 0 Å². The van der Waals surface area contributed by atoms with Crippen LogP contribution in [0.4, 0.5) is 10.5 Å². The summed E-state index contributed by atoms with van der Waals surface area (Å²) in [5.41, 5.74) is 6.88. The van der Waals surface area contributed by atoms with E-state index in [9.17, 15) is 4.79 Å². The van der Waals surface area contributed by atoms with Crippen LogP contribution in [-0.2, 0) is 11.2 Å². The third-order valence-corrected chi connectivity index (χ3v) is 2.46. The average Bonchev–Trinajstić information content (AvgIpc) is 2.27. The van der Waals surface area contributed by atoms with Crippen molar-refractivity contribution in [1.29, 1.82) is 0 Å². The summed E-state index contributed by atoms with van der Waals surface area (Å²) in [6.45, 7) is 7.39. The summed E-state index contributed by atoms with van der Waals surface area (Å²) in [7, 11) is 1.56. The SMILES string of the molecule is COc1cc(CC(C)N)ccc1NC(=O)OC(C)(C)C. The van der Waals surface area contributed by atoms with Gasteiger partial charge in [-0.15, -0.1) is 0 Å². The minimum atomic E-state index is -0.535. The smallest absolute Gasteiger partial charge is 0.412 e. The molecule has 5 nitrogen and oxygen atoms in total. The quantitative estimate of drug-likeness (QED) is 0.889. The molecule has 1 rings (SSSR count). The molecule has 20 heavy (non-hydrogen) atoms. The third-order valence-electron chi connectivity index (χ3n) is 2.46. The lowest BCUT2D eigenvalue weighted by Crippen LogP contribution is -2.27. The molecule has 0 aromatic heterocycles. The van der Waals surface area contributed by atoms with E-state index in [4.69, 9.17) is 15.2 Å². The predicted octanol–water partition coefficient (Wildman–Crippen LogP) is 2.93. The Morgan fingerprint density at radius 1 is 1.40 bits per heavy atom. The number of carbonyl (C=O) groups is 1. The van der Waals surface area contributed by atoms with Gasteiger partial charge in [0.15, 0.2) is 0 Å². The molecule has 5 heteroatoms. The van der Waals surface area contributed by atoms with E-state index in [1.54, 1.807) is 13.2 Å². The van der Waals surface area contributed by atoms with Gasteiger partial charge in [-0.25, -0.2) is 4.79 Å². The molecule has 0 fully saturated rings. The van der Waals surface area contributed by atoms with E-state index < -0.39 is 11.7 Å². The molecule has 1 unspecified atom stereocenters. The Kier molecular flexibility index (Phi) is 5.39. The molecule has 0 heterocycles. The van der Waals surface area contributed by atoms with Crippen LogP contribution in [0.1, 0.15) is 33.3 Å². The van der Waals surface area contributed by atoms with Crippen LogP contribution in [0.15, 0.2) is 18.2 Å². The topological polar surface area (TPSA) is 73.6 Å². The van der Waals surface area contributed by atoms with Crippen molar-refractivity contribution in [2.75, 3.05) is 12.4 Å². The van der Waals surface area contributed by atoms with Crippen LogP contribution >= 0.6 is 0 Å². The van der Waals surface area contributed by atoms with Gasteiger partial charge in [-0.3, -0.25) is 5.32 Å². The lowest BCUT2D eigenvalue weighted by Gasteiger charge is -2.20. The van der Waals surface area contributed by atoms with Crippen molar-refractivity contribution in [3.8, 4) is 5.75 Å². The van der Waals surface area contributed by atoms with Gasteiger partial charge in [-0.1, -0.05) is 6.07 Å². The fraction of sp³-hybridized carbons (Fsp3) is 0.533. The molecule has 0 aliphatic heterocycles. The van der Waals surface area contributed by atoms with Crippen molar-refractivity contribution in [2.45, 2.75) is 45.8 Å². The van der Waals surface area contributed by atoms with Gasteiger partial charge in [0.2, 0.25) is 0 Å². The first kappa shape index (κ1) is 16.3. The Morgan fingerprint density at radius 2 is 2.05 bits per heavy atom. The van der Waals surface area contributed by atoms with E-state index >= 15 is 0 Å². The second-order valence-electron chi connectivity index (χ2n) is 5.84. The molecule has 0 saturated heterocycles. The molecular weight excluding hydrogens is 256 g/mol. The van der Waals surface area contributed by atoms with Crippen molar-refractivity contribution in [3.63, 3.8) is 0 Å². The number of carbonyl (C=O) groups excluding carboxylic acids is 1. The predicted molar refractivity (Wildman–Crippen MR) is 80.2 cm³/mol. The summed E-state index contributed by atoms with van der Waals surface area (Å²) in [5, 5.41) is 2.68. The van der Waals surface area contributed by atoms with E-state index in [1.807, 2.05) is 39.8 Å². The summed E-state index contributed by atoms with van der Waals surface area (Å²) < 4.78 is 10.5. The molecule has 0 aliphatic carbocycles. The number of methoxy groups -OCH3 is 1. The van der Waals surface area contributed by atoms with E-state index in [0.29, 0.717) is 11.4 Å². The molecular formula is C15H24N2O3. The standard InChI is InChI=1S/C15H24N2O3/c1-10(16)8-11-6-7-12(13(9-11)19-5)17-14(18)20-15(2,3)4/h6-7,9-10H,8,16H2,1-5H3,(H,17,18). The lowest BCUT2D eigenvalue weighted by molar-refractivity contribution is 0.0635. The Balaban J connectivity index is 2.82. The molecule has 1 aromatic rings. The summed E-state index contributed by atoms with van der Waals surface area (Å²) in [5.74, 6) is 0.592. The lowest BCUT2D eigenvalue weighted by atomic mass is 10.1. The molecule has 0 radical (unpaired) electrons. The van der Waals surface area contributed by atoms with Gasteiger partial charge in [-0.05, 0) is 51.8 Å². The summed E-state index contributed by atoms with van der Waals surface area (Å²) in [6.07, 6.45) is 0.249. The highest BCUT2D eigenvalue weighted by Gasteiger charge is 2.17. The first-order valence-electron chi connectivity index (χ1n) is 6.64. The van der Waals surface area contributed by atoms with Crippen LogP contribution < -0.4 is 15.8 Å². The van der Waals surface area contributed by atoms with Crippen molar-refractivity contribution >= 4 is 11.8 Å². The summed E-state index contributed by atoms with van der Waals surface area (Å²) in [4.78, 5) is 11.8. The second kappa shape index (κ2) is 6.61. The monoisotopic (exact) mass is 280 g/mol. The van der Waals surface area contributed by atoms with Crippen LogP contribution in [-0.4, -0.2) is 24.8 Å². The number of hydrogen-bond acceptors (Lipinski definition) is 4. The highest BCUT2D eigenvalue weighted by Crippen LogP contribution is 2.26. The summed E-state index contributed by atoms with van der Waals surface area (Å²) in [6, 6.07) is 5.65. The van der Waals surface area contributed by atoms with E-state index in [1.165, 1.54) is 0 Å². The highest BCUT2D eigenvalue weighted by molar-refractivity contribution is 5.87. The largest absolute Gasteiger partial charge is 0.495 e. The molecule has 0 bridgehead atoms.